The van der Waals surface area contributed by atoms with Gasteiger partial charge in [0.1, 0.15) is 11.3 Å². The average molecular weight is 524 g/mol. The zero-order valence-corrected chi connectivity index (χ0v) is 22.8. The summed E-state index contributed by atoms with van der Waals surface area (Å²) >= 11 is 1.47. The average Bonchev–Trinajstić information content (AvgIpc) is 3.30. The summed E-state index contributed by atoms with van der Waals surface area (Å²) in [5.74, 6) is 1.82. The van der Waals surface area contributed by atoms with Gasteiger partial charge in [0.15, 0.2) is 16.6 Å². The third-order valence-electron chi connectivity index (χ3n) is 5.59. The summed E-state index contributed by atoms with van der Waals surface area (Å²) in [5, 5.41) is 0.619. The summed E-state index contributed by atoms with van der Waals surface area (Å²) in [6, 6.07) is 9.18. The van der Waals surface area contributed by atoms with Crippen molar-refractivity contribution in [1.82, 2.24) is 9.88 Å². The molecule has 35 heavy (non-hydrogen) atoms. The number of fused-ring (bicyclic) bond motifs is 1. The Morgan fingerprint density at radius 3 is 2.14 bits per heavy atom. The minimum absolute atomic E-state index is 0. The molecule has 1 heterocycles. The van der Waals surface area contributed by atoms with E-state index in [0.717, 1.165) is 29.9 Å². The Morgan fingerprint density at radius 2 is 1.60 bits per heavy atom. The van der Waals surface area contributed by atoms with Gasteiger partial charge in [-0.2, -0.15) is 0 Å². The summed E-state index contributed by atoms with van der Waals surface area (Å²) in [7, 11) is 4.61. The van der Waals surface area contributed by atoms with E-state index in [1.54, 1.807) is 17.0 Å². The fourth-order valence-corrected chi connectivity index (χ4v) is 4.73. The van der Waals surface area contributed by atoms with E-state index in [-0.39, 0.29) is 18.3 Å². The first-order valence-electron chi connectivity index (χ1n) is 11.4. The Labute approximate surface area is 217 Å². The summed E-state index contributed by atoms with van der Waals surface area (Å²) in [6.45, 7) is 9.72. The minimum Gasteiger partial charge on any atom is -0.493 e. The van der Waals surface area contributed by atoms with E-state index < -0.39 is 0 Å². The third-order valence-corrected chi connectivity index (χ3v) is 6.64. The molecule has 3 rings (SSSR count). The van der Waals surface area contributed by atoms with Crippen LogP contribution in [-0.4, -0.2) is 69.9 Å². The van der Waals surface area contributed by atoms with Crippen molar-refractivity contribution in [1.29, 1.82) is 0 Å². The van der Waals surface area contributed by atoms with E-state index in [1.165, 1.54) is 32.7 Å². The number of likely N-dealkylation sites (N-methyl/N-ethyl adjacent to an activating group) is 1. The van der Waals surface area contributed by atoms with Crippen LogP contribution in [0.5, 0.6) is 23.0 Å². The number of rotatable bonds is 12. The number of hydrogen-bond acceptors (Lipinski definition) is 8. The zero-order valence-electron chi connectivity index (χ0n) is 21.1. The predicted octanol–water partition coefficient (Wildman–Crippen LogP) is 5.13. The number of amides is 1. The number of nitrogens with zero attached hydrogens (tertiary/aromatic N) is 3. The highest BCUT2D eigenvalue weighted by Gasteiger charge is 2.25. The molecule has 0 saturated heterocycles. The van der Waals surface area contributed by atoms with Crippen molar-refractivity contribution in [2.75, 3.05) is 59.0 Å². The summed E-state index contributed by atoms with van der Waals surface area (Å²) < 4.78 is 23.1. The maximum atomic E-state index is 13.8. The SMILES string of the molecule is CCOc1cccc2sc(N(CCN(CC)CC)C(=O)c3cc(OC)c(OC)c(OC)c3)nc12.Cl. The molecule has 0 fully saturated rings. The molecular formula is C25H34ClN3O5S. The summed E-state index contributed by atoms with van der Waals surface area (Å²) in [5.41, 5.74) is 1.19. The maximum absolute atomic E-state index is 13.8. The van der Waals surface area contributed by atoms with Crippen LogP contribution in [0.15, 0.2) is 30.3 Å². The number of ether oxygens (including phenoxy) is 4. The van der Waals surface area contributed by atoms with Crippen molar-refractivity contribution in [2.24, 2.45) is 0 Å². The van der Waals surface area contributed by atoms with Crippen LogP contribution in [0, 0.1) is 0 Å². The quantitative estimate of drug-likeness (QED) is 0.326. The van der Waals surface area contributed by atoms with Gasteiger partial charge in [-0.3, -0.25) is 9.69 Å². The molecule has 0 N–H and O–H groups in total. The van der Waals surface area contributed by atoms with Gasteiger partial charge in [-0.25, -0.2) is 4.98 Å². The molecule has 0 aliphatic heterocycles. The third kappa shape index (κ3) is 6.28. The van der Waals surface area contributed by atoms with E-state index in [0.29, 0.717) is 46.8 Å². The number of carbonyl (C=O) groups is 1. The molecule has 8 nitrogen and oxygen atoms in total. The first-order chi connectivity index (χ1) is 16.5. The number of aromatic nitrogens is 1. The first-order valence-corrected chi connectivity index (χ1v) is 12.2. The molecule has 0 unspecified atom stereocenters. The first kappa shape index (κ1) is 28.5. The summed E-state index contributed by atoms with van der Waals surface area (Å²) in [6.07, 6.45) is 0. The highest BCUT2D eigenvalue weighted by Crippen LogP contribution is 2.39. The molecule has 10 heteroatoms. The van der Waals surface area contributed by atoms with Crippen LogP contribution in [-0.2, 0) is 0 Å². The van der Waals surface area contributed by atoms with E-state index in [9.17, 15) is 4.79 Å². The van der Waals surface area contributed by atoms with Crippen LogP contribution < -0.4 is 23.8 Å². The Balaban J connectivity index is 0.00000432. The smallest absolute Gasteiger partial charge is 0.260 e. The molecule has 0 aliphatic rings. The van der Waals surface area contributed by atoms with Crippen LogP contribution in [0.3, 0.4) is 0 Å². The van der Waals surface area contributed by atoms with Crippen LogP contribution in [0.1, 0.15) is 31.1 Å². The molecular weight excluding hydrogens is 490 g/mol. The number of halogens is 1. The molecule has 192 valence electrons. The largest absolute Gasteiger partial charge is 0.493 e. The summed E-state index contributed by atoms with van der Waals surface area (Å²) in [4.78, 5) is 22.7. The highest BCUT2D eigenvalue weighted by atomic mass is 35.5. The van der Waals surface area contributed by atoms with Crippen molar-refractivity contribution in [3.63, 3.8) is 0 Å². The molecule has 0 saturated carbocycles. The molecule has 0 radical (unpaired) electrons. The lowest BCUT2D eigenvalue weighted by Crippen LogP contribution is -2.38. The molecule has 0 atom stereocenters. The van der Waals surface area contributed by atoms with Crippen LogP contribution >= 0.6 is 23.7 Å². The van der Waals surface area contributed by atoms with E-state index in [1.807, 2.05) is 25.1 Å². The number of carbonyl (C=O) groups excluding carboxylic acids is 1. The van der Waals surface area contributed by atoms with E-state index in [2.05, 4.69) is 18.7 Å². The number of hydrogen-bond donors (Lipinski definition) is 0. The lowest BCUT2D eigenvalue weighted by Gasteiger charge is -2.25. The molecule has 1 amide bonds. The number of anilines is 1. The minimum atomic E-state index is -0.191. The molecule has 2 aromatic carbocycles. The van der Waals surface area contributed by atoms with Gasteiger partial charge < -0.3 is 23.8 Å². The lowest BCUT2D eigenvalue weighted by molar-refractivity contribution is 0.0983. The monoisotopic (exact) mass is 523 g/mol. The zero-order chi connectivity index (χ0) is 24.7. The number of thiazole rings is 1. The maximum Gasteiger partial charge on any atom is 0.260 e. The normalized spacial score (nSPS) is 10.7. The Kier molecular flexibility index (Phi) is 10.9. The highest BCUT2D eigenvalue weighted by molar-refractivity contribution is 7.22. The van der Waals surface area contributed by atoms with E-state index >= 15 is 0 Å². The van der Waals surface area contributed by atoms with Crippen molar-refractivity contribution >= 4 is 45.0 Å². The van der Waals surface area contributed by atoms with Crippen molar-refractivity contribution in [2.45, 2.75) is 20.8 Å². The van der Waals surface area contributed by atoms with Gasteiger partial charge in [0.25, 0.3) is 5.91 Å². The number of para-hydroxylation sites is 1. The van der Waals surface area contributed by atoms with Crippen molar-refractivity contribution < 1.29 is 23.7 Å². The van der Waals surface area contributed by atoms with Crippen LogP contribution in [0.2, 0.25) is 0 Å². The van der Waals surface area contributed by atoms with Crippen molar-refractivity contribution in [3.05, 3.63) is 35.9 Å². The molecule has 3 aromatic rings. The Bertz CT molecular complexity index is 1090. The fraction of sp³-hybridized carbons (Fsp3) is 0.440. The predicted molar refractivity (Wildman–Crippen MR) is 144 cm³/mol. The second kappa shape index (κ2) is 13.4. The number of methoxy groups -OCH3 is 3. The van der Waals surface area contributed by atoms with Crippen LogP contribution in [0.25, 0.3) is 10.2 Å². The van der Waals surface area contributed by atoms with Crippen molar-refractivity contribution in [3.8, 4) is 23.0 Å². The second-order valence-electron chi connectivity index (χ2n) is 7.43. The Hall–Kier alpha value is -2.75. The molecule has 0 spiro atoms. The van der Waals surface area contributed by atoms with Gasteiger partial charge in [-0.05, 0) is 44.3 Å². The molecule has 1 aromatic heterocycles. The lowest BCUT2D eigenvalue weighted by atomic mass is 10.1. The number of benzene rings is 2. The molecule has 0 bridgehead atoms. The Morgan fingerprint density at radius 1 is 0.943 bits per heavy atom. The van der Waals surface area contributed by atoms with E-state index in [4.69, 9.17) is 23.9 Å². The van der Waals surface area contributed by atoms with Gasteiger partial charge in [0.2, 0.25) is 5.75 Å². The standard InChI is InChI=1S/C25H33N3O5S.ClH/c1-7-27(8-2)13-14-28(25-26-22-18(33-9-3)11-10-12-21(22)34-25)24(29)17-15-19(30-4)23(32-6)20(16-17)31-5;/h10-12,15-16H,7-9,13-14H2,1-6H3;1H. The second-order valence-corrected chi connectivity index (χ2v) is 8.44. The fourth-order valence-electron chi connectivity index (χ4n) is 3.72. The topological polar surface area (TPSA) is 73.4 Å². The van der Waals surface area contributed by atoms with Gasteiger partial charge in [-0.15, -0.1) is 12.4 Å². The van der Waals surface area contributed by atoms with Gasteiger partial charge in [0, 0.05) is 18.7 Å². The molecule has 0 aliphatic carbocycles. The van der Waals surface area contributed by atoms with Crippen LogP contribution in [0.4, 0.5) is 5.13 Å². The van der Waals surface area contributed by atoms with Gasteiger partial charge >= 0.3 is 0 Å². The van der Waals surface area contributed by atoms with Gasteiger partial charge in [-0.1, -0.05) is 31.3 Å². The van der Waals surface area contributed by atoms with Gasteiger partial charge in [0.05, 0.1) is 32.6 Å².